The average Bonchev–Trinajstić information content (AvgIpc) is 2.81. The van der Waals surface area contributed by atoms with Gasteiger partial charge in [-0.25, -0.2) is 0 Å². The van der Waals surface area contributed by atoms with Gasteiger partial charge in [-0.2, -0.15) is 0 Å². The highest BCUT2D eigenvalue weighted by atomic mass is 16.5. The fourth-order valence-corrected chi connectivity index (χ4v) is 4.57. The van der Waals surface area contributed by atoms with E-state index in [2.05, 4.69) is 78.2 Å². The Balaban J connectivity index is 1.47. The summed E-state index contributed by atoms with van der Waals surface area (Å²) < 4.78 is 6.38. The quantitative estimate of drug-likeness (QED) is 0.476. The van der Waals surface area contributed by atoms with Crippen molar-refractivity contribution < 1.29 is 9.53 Å². The number of carbonyl (C=O) groups is 1. The van der Waals surface area contributed by atoms with E-state index in [1.54, 1.807) is 6.92 Å². The van der Waals surface area contributed by atoms with Crippen LogP contribution in [0, 0.1) is 6.92 Å². The molecule has 0 heterocycles. The lowest BCUT2D eigenvalue weighted by Gasteiger charge is -2.28. The number of carbonyl (C=O) groups excluding carboxylic acids is 1. The molecule has 3 aromatic carbocycles. The van der Waals surface area contributed by atoms with Crippen LogP contribution in [0.15, 0.2) is 66.7 Å². The van der Waals surface area contributed by atoms with Crippen molar-refractivity contribution >= 4 is 5.91 Å². The summed E-state index contributed by atoms with van der Waals surface area (Å²) in [6.07, 6.45) is 3.28. The first-order valence-electron chi connectivity index (χ1n) is 11.5. The molecule has 0 radical (unpaired) electrons. The molecule has 4 heteroatoms. The van der Waals surface area contributed by atoms with E-state index in [0.717, 1.165) is 31.6 Å². The van der Waals surface area contributed by atoms with E-state index in [4.69, 9.17) is 4.74 Å². The van der Waals surface area contributed by atoms with E-state index in [9.17, 15) is 4.79 Å². The van der Waals surface area contributed by atoms with Gasteiger partial charge in [0.15, 0.2) is 0 Å². The lowest BCUT2D eigenvalue weighted by atomic mass is 9.87. The number of benzene rings is 3. The maximum atomic E-state index is 11.1. The molecule has 0 saturated heterocycles. The van der Waals surface area contributed by atoms with Gasteiger partial charge in [0.25, 0.3) is 0 Å². The first kappa shape index (κ1) is 22.1. The number of rotatable bonds is 8. The molecule has 166 valence electrons. The summed E-state index contributed by atoms with van der Waals surface area (Å²) in [4.78, 5) is 11.1. The first-order valence-corrected chi connectivity index (χ1v) is 11.5. The fraction of sp³-hybridized carbons (Fsp3) is 0.321. The molecule has 0 bridgehead atoms. The lowest BCUT2D eigenvalue weighted by Crippen LogP contribution is -2.33. The number of fused-ring (bicyclic) bond motifs is 1. The van der Waals surface area contributed by atoms with Crippen molar-refractivity contribution in [2.75, 3.05) is 13.1 Å². The van der Waals surface area contributed by atoms with Crippen LogP contribution in [0.5, 0.6) is 5.75 Å². The number of ether oxygens (including phenoxy) is 1. The predicted octanol–water partition coefficient (Wildman–Crippen LogP) is 5.34. The minimum absolute atomic E-state index is 0.0122. The van der Waals surface area contributed by atoms with Gasteiger partial charge in [-0.15, -0.1) is 0 Å². The predicted molar refractivity (Wildman–Crippen MR) is 130 cm³/mol. The molecule has 0 saturated carbocycles. The van der Waals surface area contributed by atoms with Gasteiger partial charge in [-0.3, -0.25) is 4.79 Å². The Morgan fingerprint density at radius 1 is 1.00 bits per heavy atom. The van der Waals surface area contributed by atoms with Gasteiger partial charge >= 0.3 is 0 Å². The van der Waals surface area contributed by atoms with Crippen molar-refractivity contribution in [3.8, 4) is 16.9 Å². The summed E-state index contributed by atoms with van der Waals surface area (Å²) in [6, 6.07) is 23.7. The molecule has 0 fully saturated rings. The Morgan fingerprint density at radius 2 is 1.81 bits per heavy atom. The van der Waals surface area contributed by atoms with Crippen molar-refractivity contribution in [2.24, 2.45) is 0 Å². The average molecular weight is 429 g/mol. The smallest absolute Gasteiger partial charge is 0.216 e. The Hall–Kier alpha value is -3.11. The summed E-state index contributed by atoms with van der Waals surface area (Å²) in [6.45, 7) is 5.70. The van der Waals surface area contributed by atoms with E-state index in [1.165, 1.54) is 33.4 Å². The van der Waals surface area contributed by atoms with E-state index in [-0.39, 0.29) is 5.91 Å². The van der Waals surface area contributed by atoms with Crippen LogP contribution in [-0.2, 0) is 17.8 Å². The van der Waals surface area contributed by atoms with E-state index >= 15 is 0 Å². The Morgan fingerprint density at radius 3 is 2.62 bits per heavy atom. The molecule has 2 N–H and O–H groups in total. The van der Waals surface area contributed by atoms with Crippen LogP contribution < -0.4 is 15.4 Å². The topological polar surface area (TPSA) is 50.4 Å². The molecule has 0 aliphatic heterocycles. The standard InChI is InChI=1S/C28H32N2O2/c1-20-23(11-6-12-24(20)22-9-4-3-5-10-22)19-32-28-16-8-13-25-26(28)14-7-15-27(25)30-18-17-29-21(2)31/h3-6,8-13,16,27,30H,7,14-15,17-19H2,1-2H3,(H,29,31). The van der Waals surface area contributed by atoms with Crippen molar-refractivity contribution in [1.82, 2.24) is 10.6 Å². The van der Waals surface area contributed by atoms with Crippen LogP contribution in [0.2, 0.25) is 0 Å². The summed E-state index contributed by atoms with van der Waals surface area (Å²) in [5.74, 6) is 0.999. The lowest BCUT2D eigenvalue weighted by molar-refractivity contribution is -0.118. The highest BCUT2D eigenvalue weighted by Gasteiger charge is 2.22. The summed E-state index contributed by atoms with van der Waals surface area (Å²) >= 11 is 0. The molecule has 1 amide bonds. The molecule has 4 rings (SSSR count). The van der Waals surface area contributed by atoms with E-state index < -0.39 is 0 Å². The molecule has 1 unspecified atom stereocenters. The van der Waals surface area contributed by atoms with Gasteiger partial charge in [0, 0.05) is 26.1 Å². The minimum atomic E-state index is 0.0122. The number of hydrogen-bond donors (Lipinski definition) is 2. The zero-order valence-electron chi connectivity index (χ0n) is 19.0. The maximum absolute atomic E-state index is 11.1. The molecule has 1 aliphatic rings. The van der Waals surface area contributed by atoms with Crippen LogP contribution in [0.4, 0.5) is 0 Å². The third kappa shape index (κ3) is 5.20. The second-order valence-electron chi connectivity index (χ2n) is 8.45. The van der Waals surface area contributed by atoms with Crippen LogP contribution in [-0.4, -0.2) is 19.0 Å². The summed E-state index contributed by atoms with van der Waals surface area (Å²) in [5, 5.41) is 6.45. The number of amides is 1. The van der Waals surface area contributed by atoms with Crippen LogP contribution >= 0.6 is 0 Å². The highest BCUT2D eigenvalue weighted by Crippen LogP contribution is 2.36. The second-order valence-corrected chi connectivity index (χ2v) is 8.45. The Bertz CT molecular complexity index is 1060. The summed E-state index contributed by atoms with van der Waals surface area (Å²) in [5.41, 5.74) is 7.60. The Kier molecular flexibility index (Phi) is 7.23. The normalized spacial score (nSPS) is 15.1. The van der Waals surface area contributed by atoms with Gasteiger partial charge in [0.05, 0.1) is 0 Å². The van der Waals surface area contributed by atoms with Crippen LogP contribution in [0.1, 0.15) is 48.1 Å². The molecular formula is C28H32N2O2. The molecule has 0 aromatic heterocycles. The zero-order chi connectivity index (χ0) is 22.3. The molecule has 1 aliphatic carbocycles. The van der Waals surface area contributed by atoms with Crippen molar-refractivity contribution in [3.63, 3.8) is 0 Å². The second kappa shape index (κ2) is 10.5. The number of hydrogen-bond acceptors (Lipinski definition) is 3. The van der Waals surface area contributed by atoms with Gasteiger partial charge < -0.3 is 15.4 Å². The third-order valence-electron chi connectivity index (χ3n) is 6.27. The minimum Gasteiger partial charge on any atom is -0.489 e. The van der Waals surface area contributed by atoms with Crippen LogP contribution in [0.3, 0.4) is 0 Å². The first-order chi connectivity index (χ1) is 15.6. The molecule has 4 nitrogen and oxygen atoms in total. The van der Waals surface area contributed by atoms with Crippen molar-refractivity contribution in [2.45, 2.75) is 45.8 Å². The van der Waals surface area contributed by atoms with Gasteiger partial charge in [-0.1, -0.05) is 60.7 Å². The Labute approximate surface area is 191 Å². The summed E-state index contributed by atoms with van der Waals surface area (Å²) in [7, 11) is 0. The third-order valence-corrected chi connectivity index (χ3v) is 6.27. The molecular weight excluding hydrogens is 396 g/mol. The molecule has 32 heavy (non-hydrogen) atoms. The molecule has 1 atom stereocenters. The molecule has 3 aromatic rings. The number of nitrogens with one attached hydrogen (secondary N) is 2. The maximum Gasteiger partial charge on any atom is 0.216 e. The fourth-order valence-electron chi connectivity index (χ4n) is 4.57. The van der Waals surface area contributed by atoms with Crippen molar-refractivity contribution in [1.29, 1.82) is 0 Å². The molecule has 0 spiro atoms. The van der Waals surface area contributed by atoms with Crippen molar-refractivity contribution in [3.05, 3.63) is 89.0 Å². The highest BCUT2D eigenvalue weighted by molar-refractivity contribution is 5.72. The monoisotopic (exact) mass is 428 g/mol. The SMILES string of the molecule is CC(=O)NCCNC1CCCc2c(OCc3cccc(-c4ccccc4)c3C)cccc21. The largest absolute Gasteiger partial charge is 0.489 e. The zero-order valence-corrected chi connectivity index (χ0v) is 19.0. The van der Waals surface area contributed by atoms with E-state index in [1.807, 2.05) is 6.07 Å². The van der Waals surface area contributed by atoms with Gasteiger partial charge in [0.2, 0.25) is 5.91 Å². The van der Waals surface area contributed by atoms with Gasteiger partial charge in [-0.05, 0) is 65.6 Å². The van der Waals surface area contributed by atoms with Crippen LogP contribution in [0.25, 0.3) is 11.1 Å². The van der Waals surface area contributed by atoms with E-state index in [0.29, 0.717) is 19.2 Å². The van der Waals surface area contributed by atoms with Gasteiger partial charge in [0.1, 0.15) is 12.4 Å².